The van der Waals surface area contributed by atoms with Crippen LogP contribution in [-0.4, -0.2) is 25.0 Å². The number of nitrogens with one attached hydrogen (secondary N) is 1. The molecule has 0 spiro atoms. The number of amides is 2. The second kappa shape index (κ2) is 7.60. The number of anilines is 2. The van der Waals surface area contributed by atoms with Gasteiger partial charge in [0.25, 0.3) is 0 Å². The third kappa shape index (κ3) is 3.87. The molecule has 0 unspecified atom stereocenters. The molecule has 0 aliphatic carbocycles. The fourth-order valence-electron chi connectivity index (χ4n) is 3.36. The number of ether oxygens (including phenoxy) is 1. The van der Waals surface area contributed by atoms with Crippen molar-refractivity contribution < 1.29 is 14.3 Å². The summed E-state index contributed by atoms with van der Waals surface area (Å²) in [5, 5.41) is 2.95. The Bertz CT molecular complexity index is 812. The van der Waals surface area contributed by atoms with Crippen molar-refractivity contribution in [1.29, 1.82) is 0 Å². The molecule has 2 aromatic rings. The van der Waals surface area contributed by atoms with Crippen LogP contribution in [0.25, 0.3) is 0 Å². The van der Waals surface area contributed by atoms with Crippen LogP contribution in [0.2, 0.25) is 0 Å². The van der Waals surface area contributed by atoms with E-state index >= 15 is 0 Å². The summed E-state index contributed by atoms with van der Waals surface area (Å²) in [5.41, 5.74) is 3.68. The molecule has 1 aliphatic heterocycles. The van der Waals surface area contributed by atoms with Gasteiger partial charge in [-0.25, -0.2) is 0 Å². The van der Waals surface area contributed by atoms with Gasteiger partial charge in [-0.3, -0.25) is 9.59 Å². The number of para-hydroxylation sites is 2. The zero-order chi connectivity index (χ0) is 18.7. The molecule has 136 valence electrons. The average Bonchev–Trinajstić information content (AvgIpc) is 2.96. The normalized spacial score (nSPS) is 16.7. The first-order valence-electron chi connectivity index (χ1n) is 8.89. The monoisotopic (exact) mass is 352 g/mol. The van der Waals surface area contributed by atoms with Crippen molar-refractivity contribution in [1.82, 2.24) is 0 Å². The fraction of sp³-hybridized carbons (Fsp3) is 0.333. The Morgan fingerprint density at radius 2 is 1.88 bits per heavy atom. The van der Waals surface area contributed by atoms with Gasteiger partial charge in [0.2, 0.25) is 11.8 Å². The number of nitrogens with zero attached hydrogens (tertiary/aromatic N) is 1. The highest BCUT2D eigenvalue weighted by atomic mass is 16.5. The van der Waals surface area contributed by atoms with Gasteiger partial charge in [-0.1, -0.05) is 18.2 Å². The molecule has 2 amide bonds. The SMILES string of the molecule is CCOc1ccccc1N1C[C@@H](C(=O)Nc2cc(C)cc(C)c2)CC1=O. The van der Waals surface area contributed by atoms with Crippen LogP contribution in [0.3, 0.4) is 0 Å². The average molecular weight is 352 g/mol. The Balaban J connectivity index is 1.74. The molecule has 0 bridgehead atoms. The Morgan fingerprint density at radius 1 is 1.19 bits per heavy atom. The molecule has 0 aromatic heterocycles. The van der Waals surface area contributed by atoms with E-state index in [4.69, 9.17) is 4.74 Å². The van der Waals surface area contributed by atoms with Gasteiger partial charge in [-0.05, 0) is 56.2 Å². The van der Waals surface area contributed by atoms with Crippen LogP contribution in [0.5, 0.6) is 5.75 Å². The first-order chi connectivity index (χ1) is 12.5. The largest absolute Gasteiger partial charge is 0.492 e. The van der Waals surface area contributed by atoms with E-state index in [1.54, 1.807) is 4.90 Å². The highest BCUT2D eigenvalue weighted by Gasteiger charge is 2.36. The van der Waals surface area contributed by atoms with Crippen molar-refractivity contribution >= 4 is 23.2 Å². The topological polar surface area (TPSA) is 58.6 Å². The molecule has 0 saturated carbocycles. The molecule has 26 heavy (non-hydrogen) atoms. The van der Waals surface area contributed by atoms with Gasteiger partial charge >= 0.3 is 0 Å². The van der Waals surface area contributed by atoms with E-state index in [9.17, 15) is 9.59 Å². The molecular formula is C21H24N2O3. The maximum atomic E-state index is 12.6. The van der Waals surface area contributed by atoms with Crippen LogP contribution in [-0.2, 0) is 9.59 Å². The maximum absolute atomic E-state index is 12.6. The van der Waals surface area contributed by atoms with Crippen LogP contribution < -0.4 is 15.0 Å². The van der Waals surface area contributed by atoms with E-state index in [1.807, 2.05) is 57.2 Å². The second-order valence-corrected chi connectivity index (χ2v) is 6.67. The molecule has 5 nitrogen and oxygen atoms in total. The maximum Gasteiger partial charge on any atom is 0.229 e. The van der Waals surface area contributed by atoms with Gasteiger partial charge in [0.15, 0.2) is 0 Å². The summed E-state index contributed by atoms with van der Waals surface area (Å²) in [6.45, 7) is 6.78. The van der Waals surface area contributed by atoms with Crippen LogP contribution in [0.4, 0.5) is 11.4 Å². The van der Waals surface area contributed by atoms with Gasteiger partial charge in [0.05, 0.1) is 18.2 Å². The van der Waals surface area contributed by atoms with E-state index in [0.29, 0.717) is 18.9 Å². The molecule has 5 heteroatoms. The second-order valence-electron chi connectivity index (χ2n) is 6.67. The van der Waals surface area contributed by atoms with Crippen LogP contribution in [0.15, 0.2) is 42.5 Å². The minimum absolute atomic E-state index is 0.0577. The molecule has 3 rings (SSSR count). The lowest BCUT2D eigenvalue weighted by molar-refractivity contribution is -0.122. The highest BCUT2D eigenvalue weighted by Crippen LogP contribution is 2.33. The Hall–Kier alpha value is -2.82. The summed E-state index contributed by atoms with van der Waals surface area (Å²) in [7, 11) is 0. The molecule has 1 aliphatic rings. The summed E-state index contributed by atoms with van der Waals surface area (Å²) in [4.78, 5) is 26.8. The summed E-state index contributed by atoms with van der Waals surface area (Å²) in [6.07, 6.45) is 0.205. The van der Waals surface area contributed by atoms with Gasteiger partial charge in [-0.15, -0.1) is 0 Å². The standard InChI is InChI=1S/C21H24N2O3/c1-4-26-19-8-6-5-7-18(19)23-13-16(12-20(23)24)21(25)22-17-10-14(2)9-15(3)11-17/h5-11,16H,4,12-13H2,1-3H3,(H,22,25)/t16-/m0/s1. The zero-order valence-electron chi connectivity index (χ0n) is 15.4. The van der Waals surface area contributed by atoms with Crippen molar-refractivity contribution in [3.63, 3.8) is 0 Å². The molecule has 1 heterocycles. The molecule has 1 saturated heterocycles. The smallest absolute Gasteiger partial charge is 0.229 e. The minimum atomic E-state index is -0.377. The highest BCUT2D eigenvalue weighted by molar-refractivity contribution is 6.04. The minimum Gasteiger partial charge on any atom is -0.492 e. The number of aryl methyl sites for hydroxylation is 2. The predicted octanol–water partition coefficient (Wildman–Crippen LogP) is 3.69. The van der Waals surface area contributed by atoms with Crippen molar-refractivity contribution in [3.05, 3.63) is 53.6 Å². The van der Waals surface area contributed by atoms with E-state index in [-0.39, 0.29) is 24.2 Å². The van der Waals surface area contributed by atoms with E-state index in [2.05, 4.69) is 11.4 Å². The first kappa shape index (κ1) is 18.0. The molecule has 2 aromatic carbocycles. The quantitative estimate of drug-likeness (QED) is 0.893. The zero-order valence-corrected chi connectivity index (χ0v) is 15.4. The summed E-state index contributed by atoms with van der Waals surface area (Å²) < 4.78 is 5.62. The number of rotatable bonds is 5. The summed E-state index contributed by atoms with van der Waals surface area (Å²) >= 11 is 0. The van der Waals surface area contributed by atoms with E-state index in [1.165, 1.54) is 0 Å². The molecule has 0 radical (unpaired) electrons. The Kier molecular flexibility index (Phi) is 5.26. The van der Waals surface area contributed by atoms with Crippen molar-refractivity contribution in [3.8, 4) is 5.75 Å². The fourth-order valence-corrected chi connectivity index (χ4v) is 3.36. The third-order valence-electron chi connectivity index (χ3n) is 4.44. The number of benzene rings is 2. The number of carbonyl (C=O) groups excluding carboxylic acids is 2. The lowest BCUT2D eigenvalue weighted by Gasteiger charge is -2.20. The summed E-state index contributed by atoms with van der Waals surface area (Å²) in [5.74, 6) is 0.106. The van der Waals surface area contributed by atoms with Gasteiger partial charge in [-0.2, -0.15) is 0 Å². The predicted molar refractivity (Wildman–Crippen MR) is 103 cm³/mol. The lowest BCUT2D eigenvalue weighted by atomic mass is 10.1. The van der Waals surface area contributed by atoms with E-state index < -0.39 is 0 Å². The molecule has 1 atom stereocenters. The number of hydrogen-bond donors (Lipinski definition) is 1. The number of carbonyl (C=O) groups is 2. The van der Waals surface area contributed by atoms with Gasteiger partial charge < -0.3 is 15.0 Å². The Morgan fingerprint density at radius 3 is 2.58 bits per heavy atom. The van der Waals surface area contributed by atoms with Gasteiger partial charge in [0.1, 0.15) is 5.75 Å². The van der Waals surface area contributed by atoms with Crippen molar-refractivity contribution in [2.75, 3.05) is 23.4 Å². The van der Waals surface area contributed by atoms with Crippen molar-refractivity contribution in [2.45, 2.75) is 27.2 Å². The molecule has 1 N–H and O–H groups in total. The lowest BCUT2D eigenvalue weighted by Crippen LogP contribution is -2.28. The Labute approximate surface area is 154 Å². The van der Waals surface area contributed by atoms with Gasteiger partial charge in [0, 0.05) is 18.7 Å². The molecular weight excluding hydrogens is 328 g/mol. The third-order valence-corrected chi connectivity index (χ3v) is 4.44. The number of hydrogen-bond acceptors (Lipinski definition) is 3. The van der Waals surface area contributed by atoms with Crippen LogP contribution in [0, 0.1) is 19.8 Å². The van der Waals surface area contributed by atoms with Crippen LogP contribution >= 0.6 is 0 Å². The summed E-state index contributed by atoms with van der Waals surface area (Å²) in [6, 6.07) is 13.4. The van der Waals surface area contributed by atoms with E-state index in [0.717, 1.165) is 22.5 Å². The van der Waals surface area contributed by atoms with Crippen LogP contribution in [0.1, 0.15) is 24.5 Å². The van der Waals surface area contributed by atoms with Crippen molar-refractivity contribution in [2.24, 2.45) is 5.92 Å². The molecule has 1 fully saturated rings. The first-order valence-corrected chi connectivity index (χ1v) is 8.89.